The molecule has 1 atom stereocenters. The molecule has 6 nitrogen and oxygen atoms in total. The molecule has 3 N–H and O–H groups in total. The van der Waals surface area contributed by atoms with Gasteiger partial charge in [0.1, 0.15) is 0 Å². The van der Waals surface area contributed by atoms with Crippen LogP contribution in [-0.4, -0.2) is 37.7 Å². The largest absolute Gasteiger partial charge is 0.376 e. The lowest BCUT2D eigenvalue weighted by molar-refractivity contribution is -0.120. The Labute approximate surface area is 130 Å². The van der Waals surface area contributed by atoms with Gasteiger partial charge in [-0.3, -0.25) is 4.79 Å². The maximum atomic E-state index is 11.6. The Bertz CT molecular complexity index is 496. The zero-order chi connectivity index (χ0) is 15.8. The van der Waals surface area contributed by atoms with Crippen molar-refractivity contribution >= 4 is 11.9 Å². The average Bonchev–Trinajstić information content (AvgIpc) is 3.04. The molecule has 1 saturated heterocycles. The van der Waals surface area contributed by atoms with Crippen LogP contribution in [0.25, 0.3) is 0 Å². The number of ether oxygens (including phenoxy) is 1. The van der Waals surface area contributed by atoms with Gasteiger partial charge in [-0.1, -0.05) is 29.8 Å². The van der Waals surface area contributed by atoms with Gasteiger partial charge in [-0.05, 0) is 25.3 Å². The van der Waals surface area contributed by atoms with Gasteiger partial charge in [-0.15, -0.1) is 0 Å². The smallest absolute Gasteiger partial charge is 0.315 e. The Kier molecular flexibility index (Phi) is 6.21. The molecule has 0 aromatic heterocycles. The van der Waals surface area contributed by atoms with Crippen molar-refractivity contribution in [3.63, 3.8) is 0 Å². The van der Waals surface area contributed by atoms with Gasteiger partial charge in [-0.2, -0.15) is 0 Å². The molecule has 2 rings (SSSR count). The van der Waals surface area contributed by atoms with Crippen molar-refractivity contribution < 1.29 is 14.3 Å². The summed E-state index contributed by atoms with van der Waals surface area (Å²) in [5.41, 5.74) is 2.19. The monoisotopic (exact) mass is 305 g/mol. The molecule has 1 aliphatic heterocycles. The van der Waals surface area contributed by atoms with Crippen LogP contribution in [0.5, 0.6) is 0 Å². The minimum absolute atomic E-state index is 0.0353. The predicted octanol–water partition coefficient (Wildman–Crippen LogP) is 1.09. The van der Waals surface area contributed by atoms with Gasteiger partial charge in [0.15, 0.2) is 0 Å². The first-order chi connectivity index (χ1) is 10.6. The lowest BCUT2D eigenvalue weighted by Gasteiger charge is -2.11. The van der Waals surface area contributed by atoms with E-state index in [0.29, 0.717) is 13.1 Å². The van der Waals surface area contributed by atoms with E-state index < -0.39 is 0 Å². The third-order valence-electron chi connectivity index (χ3n) is 3.53. The fourth-order valence-corrected chi connectivity index (χ4v) is 2.21. The van der Waals surface area contributed by atoms with E-state index in [4.69, 9.17) is 4.74 Å². The summed E-state index contributed by atoms with van der Waals surface area (Å²) >= 11 is 0. The van der Waals surface area contributed by atoms with Crippen molar-refractivity contribution in [2.75, 3.05) is 19.7 Å². The number of hydrogen-bond donors (Lipinski definition) is 3. The van der Waals surface area contributed by atoms with Crippen LogP contribution < -0.4 is 16.0 Å². The van der Waals surface area contributed by atoms with E-state index in [2.05, 4.69) is 16.0 Å². The number of rotatable bonds is 6. The molecule has 0 bridgehead atoms. The van der Waals surface area contributed by atoms with Crippen LogP contribution in [0.2, 0.25) is 0 Å². The Balaban J connectivity index is 1.58. The van der Waals surface area contributed by atoms with Crippen LogP contribution >= 0.6 is 0 Å². The van der Waals surface area contributed by atoms with E-state index in [1.165, 1.54) is 5.56 Å². The van der Waals surface area contributed by atoms with Crippen molar-refractivity contribution in [3.8, 4) is 0 Å². The molecule has 22 heavy (non-hydrogen) atoms. The zero-order valence-corrected chi connectivity index (χ0v) is 12.9. The summed E-state index contributed by atoms with van der Waals surface area (Å²) in [6.07, 6.45) is 2.13. The highest BCUT2D eigenvalue weighted by molar-refractivity contribution is 5.83. The highest BCUT2D eigenvalue weighted by Gasteiger charge is 2.16. The molecule has 0 saturated carbocycles. The second-order valence-corrected chi connectivity index (χ2v) is 5.46. The van der Waals surface area contributed by atoms with E-state index in [9.17, 15) is 9.59 Å². The van der Waals surface area contributed by atoms with Crippen LogP contribution in [0.15, 0.2) is 24.3 Å². The van der Waals surface area contributed by atoms with Crippen molar-refractivity contribution in [2.45, 2.75) is 32.4 Å². The van der Waals surface area contributed by atoms with Crippen LogP contribution in [0.1, 0.15) is 24.0 Å². The fraction of sp³-hybridized carbons (Fsp3) is 0.500. The van der Waals surface area contributed by atoms with Gasteiger partial charge < -0.3 is 20.7 Å². The number of nitrogens with one attached hydrogen (secondary N) is 3. The van der Waals surface area contributed by atoms with Gasteiger partial charge >= 0.3 is 6.03 Å². The predicted molar refractivity (Wildman–Crippen MR) is 83.4 cm³/mol. The number of amides is 3. The highest BCUT2D eigenvalue weighted by atomic mass is 16.5. The van der Waals surface area contributed by atoms with E-state index in [0.717, 1.165) is 25.0 Å². The number of urea groups is 1. The third kappa shape index (κ3) is 5.73. The first-order valence-electron chi connectivity index (χ1n) is 7.59. The van der Waals surface area contributed by atoms with Crippen LogP contribution in [0.3, 0.4) is 0 Å². The quantitative estimate of drug-likeness (QED) is 0.736. The lowest BCUT2D eigenvalue weighted by atomic mass is 10.1. The summed E-state index contributed by atoms with van der Waals surface area (Å²) in [6.45, 7) is 3.68. The molecule has 3 amide bonds. The molecule has 1 unspecified atom stereocenters. The van der Waals surface area contributed by atoms with E-state index in [1.54, 1.807) is 0 Å². The summed E-state index contributed by atoms with van der Waals surface area (Å²) in [6, 6.07) is 7.56. The molecule has 120 valence electrons. The number of aryl methyl sites for hydroxylation is 1. The molecule has 0 spiro atoms. The zero-order valence-electron chi connectivity index (χ0n) is 12.9. The van der Waals surface area contributed by atoms with Gasteiger partial charge in [-0.25, -0.2) is 4.79 Å². The second kappa shape index (κ2) is 8.38. The summed E-state index contributed by atoms with van der Waals surface area (Å²) < 4.78 is 5.41. The second-order valence-electron chi connectivity index (χ2n) is 5.46. The van der Waals surface area contributed by atoms with Crippen LogP contribution in [0, 0.1) is 6.92 Å². The van der Waals surface area contributed by atoms with Crippen molar-refractivity contribution in [2.24, 2.45) is 0 Å². The molecule has 0 radical (unpaired) electrons. The maximum Gasteiger partial charge on any atom is 0.315 e. The molecule has 1 aromatic carbocycles. The standard InChI is InChI=1S/C16H23N3O3/c1-12-4-6-13(7-5-12)9-18-16(21)19-11-15(20)17-10-14-3-2-8-22-14/h4-7,14H,2-3,8-11H2,1H3,(H,17,20)(H2,18,19,21). The van der Waals surface area contributed by atoms with Crippen molar-refractivity contribution in [1.29, 1.82) is 0 Å². The molecule has 1 aromatic rings. The molecule has 1 heterocycles. The lowest BCUT2D eigenvalue weighted by Crippen LogP contribution is -2.43. The first-order valence-corrected chi connectivity index (χ1v) is 7.59. The van der Waals surface area contributed by atoms with E-state index in [-0.39, 0.29) is 24.6 Å². The Morgan fingerprint density at radius 1 is 1.18 bits per heavy atom. The minimum Gasteiger partial charge on any atom is -0.376 e. The fourth-order valence-electron chi connectivity index (χ4n) is 2.21. The summed E-state index contributed by atoms with van der Waals surface area (Å²) in [5, 5.41) is 8.01. The van der Waals surface area contributed by atoms with Crippen LogP contribution in [0.4, 0.5) is 4.79 Å². The van der Waals surface area contributed by atoms with Crippen molar-refractivity contribution in [1.82, 2.24) is 16.0 Å². The number of carbonyl (C=O) groups is 2. The Hall–Kier alpha value is -2.08. The molecule has 1 aliphatic rings. The highest BCUT2D eigenvalue weighted by Crippen LogP contribution is 2.10. The summed E-state index contributed by atoms with van der Waals surface area (Å²) in [5.74, 6) is -0.207. The topological polar surface area (TPSA) is 79.5 Å². The van der Waals surface area contributed by atoms with Gasteiger partial charge in [0.25, 0.3) is 0 Å². The number of benzene rings is 1. The van der Waals surface area contributed by atoms with E-state index >= 15 is 0 Å². The summed E-state index contributed by atoms with van der Waals surface area (Å²) in [7, 11) is 0. The molecule has 6 heteroatoms. The Morgan fingerprint density at radius 3 is 2.64 bits per heavy atom. The normalized spacial score (nSPS) is 17.0. The average molecular weight is 305 g/mol. The molecular weight excluding hydrogens is 282 g/mol. The SMILES string of the molecule is Cc1ccc(CNC(=O)NCC(=O)NCC2CCCO2)cc1. The molecule has 0 aliphatic carbocycles. The van der Waals surface area contributed by atoms with Crippen LogP contribution in [-0.2, 0) is 16.1 Å². The van der Waals surface area contributed by atoms with Crippen molar-refractivity contribution in [3.05, 3.63) is 35.4 Å². The first kappa shape index (κ1) is 16.3. The molecule has 1 fully saturated rings. The van der Waals surface area contributed by atoms with Gasteiger partial charge in [0.2, 0.25) is 5.91 Å². The van der Waals surface area contributed by atoms with Gasteiger partial charge in [0.05, 0.1) is 12.6 Å². The number of carbonyl (C=O) groups excluding carboxylic acids is 2. The minimum atomic E-state index is -0.354. The molecular formula is C16H23N3O3. The third-order valence-corrected chi connectivity index (χ3v) is 3.53. The number of hydrogen-bond acceptors (Lipinski definition) is 3. The maximum absolute atomic E-state index is 11.6. The van der Waals surface area contributed by atoms with E-state index in [1.807, 2.05) is 31.2 Å². The Morgan fingerprint density at radius 2 is 1.95 bits per heavy atom. The van der Waals surface area contributed by atoms with Gasteiger partial charge in [0, 0.05) is 19.7 Å². The summed E-state index contributed by atoms with van der Waals surface area (Å²) in [4.78, 5) is 23.2.